The third kappa shape index (κ3) is 8.25. The number of ether oxygens (including phenoxy) is 3. The highest BCUT2D eigenvalue weighted by atomic mass is 28.4. The van der Waals surface area contributed by atoms with Crippen molar-refractivity contribution in [1.82, 2.24) is 9.78 Å². The lowest BCUT2D eigenvalue weighted by Gasteiger charge is -2.42. The molecule has 1 heterocycles. The largest absolute Gasteiger partial charge is 0.496 e. The number of nitrogens with zero attached hydrogens (tertiary/aromatic N) is 2. The van der Waals surface area contributed by atoms with Crippen molar-refractivity contribution < 1.29 is 23.4 Å². The summed E-state index contributed by atoms with van der Waals surface area (Å²) in [6.07, 6.45) is 2.62. The summed E-state index contributed by atoms with van der Waals surface area (Å²) in [5.74, 6) is 1.21. The third-order valence-corrected chi connectivity index (χ3v) is 13.0. The molecule has 1 aromatic heterocycles. The first-order chi connectivity index (χ1) is 19.8. The molecule has 0 N–H and O–H groups in total. The third-order valence-electron chi connectivity index (χ3n) is 8.52. The Morgan fingerprint density at radius 2 is 1.62 bits per heavy atom. The van der Waals surface area contributed by atoms with E-state index < -0.39 is 14.3 Å². The second-order valence-corrected chi connectivity index (χ2v) is 17.3. The normalized spacial score (nSPS) is 13.5. The number of hydrogen-bond acceptors (Lipinski definition) is 6. The Morgan fingerprint density at radius 3 is 2.17 bits per heavy atom. The van der Waals surface area contributed by atoms with E-state index in [2.05, 4.69) is 81.4 Å². The van der Waals surface area contributed by atoms with Gasteiger partial charge in [-0.3, -0.25) is 4.68 Å². The summed E-state index contributed by atoms with van der Waals surface area (Å²) in [7, 11) is 1.16. The van der Waals surface area contributed by atoms with E-state index in [0.29, 0.717) is 18.8 Å². The minimum Gasteiger partial charge on any atom is -0.496 e. The fourth-order valence-corrected chi connectivity index (χ4v) is 6.29. The van der Waals surface area contributed by atoms with Crippen LogP contribution in [0, 0.1) is 19.8 Å². The van der Waals surface area contributed by atoms with E-state index in [9.17, 15) is 4.79 Å². The van der Waals surface area contributed by atoms with E-state index in [-0.39, 0.29) is 17.1 Å². The van der Waals surface area contributed by atoms with E-state index in [1.807, 2.05) is 18.5 Å². The number of carbonyl (C=O) groups excluding carboxylic acids is 1. The molecule has 230 valence electrons. The Morgan fingerprint density at radius 1 is 1.00 bits per heavy atom. The van der Waals surface area contributed by atoms with Crippen molar-refractivity contribution in [2.75, 3.05) is 20.8 Å². The lowest BCUT2D eigenvalue weighted by Crippen LogP contribution is -2.43. The molecule has 0 saturated carbocycles. The maximum absolute atomic E-state index is 12.5. The average molecular weight is 595 g/mol. The van der Waals surface area contributed by atoms with E-state index in [4.69, 9.17) is 18.6 Å². The molecule has 0 saturated heterocycles. The van der Waals surface area contributed by atoms with E-state index in [0.717, 1.165) is 47.6 Å². The first-order valence-electron chi connectivity index (χ1n) is 15.0. The highest BCUT2D eigenvalue weighted by Gasteiger charge is 2.41. The fraction of sp³-hybridized carbons (Fsp3) is 0.529. The molecular weight excluding hydrogens is 544 g/mol. The van der Waals surface area contributed by atoms with Gasteiger partial charge >= 0.3 is 5.97 Å². The quantitative estimate of drug-likeness (QED) is 0.139. The van der Waals surface area contributed by atoms with E-state index >= 15 is 0 Å². The molecule has 0 aliphatic rings. The molecule has 8 heteroatoms. The van der Waals surface area contributed by atoms with Crippen LogP contribution >= 0.6 is 0 Å². The van der Waals surface area contributed by atoms with Crippen LogP contribution in [0.2, 0.25) is 18.1 Å². The lowest BCUT2D eigenvalue weighted by molar-refractivity contribution is 0.0517. The first-order valence-corrected chi connectivity index (χ1v) is 17.9. The van der Waals surface area contributed by atoms with Gasteiger partial charge in [-0.05, 0) is 87.5 Å². The van der Waals surface area contributed by atoms with Crippen molar-refractivity contribution in [3.63, 3.8) is 0 Å². The summed E-state index contributed by atoms with van der Waals surface area (Å²) in [5.41, 5.74) is 4.54. The first kappa shape index (κ1) is 33.4. The molecule has 2 aromatic carbocycles. The Bertz CT molecular complexity index is 1290. The molecule has 7 nitrogen and oxygen atoms in total. The molecule has 3 rings (SSSR count). The zero-order valence-corrected chi connectivity index (χ0v) is 28.2. The van der Waals surface area contributed by atoms with Crippen LogP contribution in [-0.4, -0.2) is 44.9 Å². The van der Waals surface area contributed by atoms with Crippen LogP contribution in [0.3, 0.4) is 0 Å². The highest BCUT2D eigenvalue weighted by molar-refractivity contribution is 6.74. The topological polar surface area (TPSA) is 71.8 Å². The maximum atomic E-state index is 12.5. The molecule has 2 atom stereocenters. The molecule has 42 heavy (non-hydrogen) atoms. The van der Waals surface area contributed by atoms with Crippen molar-refractivity contribution in [2.45, 2.75) is 91.6 Å². The highest BCUT2D eigenvalue weighted by Crippen LogP contribution is 2.45. The number of benzene rings is 2. The predicted octanol–water partition coefficient (Wildman–Crippen LogP) is 8.10. The second kappa shape index (κ2) is 14.4. The molecule has 0 aliphatic heterocycles. The Kier molecular flexibility index (Phi) is 11.4. The van der Waals surface area contributed by atoms with Crippen LogP contribution < -0.4 is 9.47 Å². The monoisotopic (exact) mass is 594 g/mol. The molecule has 0 radical (unpaired) electrons. The van der Waals surface area contributed by atoms with Crippen LogP contribution in [0.4, 0.5) is 0 Å². The van der Waals surface area contributed by atoms with Crippen LogP contribution in [-0.2, 0) is 22.1 Å². The summed E-state index contributed by atoms with van der Waals surface area (Å²) in [6, 6.07) is 16.6. The van der Waals surface area contributed by atoms with Gasteiger partial charge in [0.25, 0.3) is 0 Å². The SMILES string of the molecule is CCOC(=O)c1cc(C)n(C[C@@H](CCCc2ccccc2)C(O[Si](C)(C)C(C)(C)C)c2cc(OC)c(C)c(OC)c2)n1. The number of esters is 1. The van der Waals surface area contributed by atoms with E-state index in [1.54, 1.807) is 27.2 Å². The van der Waals surface area contributed by atoms with Gasteiger partial charge < -0.3 is 18.6 Å². The Hall–Kier alpha value is -3.10. The standard InChI is InChI=1S/C34H50N2O5Si/c1-11-40-33(37)29-20-24(2)36(35-29)23-27(19-15-18-26-16-13-12-14-17-26)32(41-42(9,10)34(4,5)6)28-21-30(38-7)25(3)31(22-28)39-8/h12-14,16-17,20-22,27,32H,11,15,18-19,23H2,1-10H3/t27-,32?/m1/s1. The zero-order chi connectivity index (χ0) is 31.1. The molecular formula is C34H50N2O5Si. The van der Waals surface area contributed by atoms with Crippen molar-refractivity contribution in [3.8, 4) is 11.5 Å². The van der Waals surface area contributed by atoms with Gasteiger partial charge in [0, 0.05) is 23.7 Å². The predicted molar refractivity (Wildman–Crippen MR) is 171 cm³/mol. The zero-order valence-electron chi connectivity index (χ0n) is 27.2. The molecule has 0 fully saturated rings. The number of carbonyl (C=O) groups is 1. The van der Waals surface area contributed by atoms with Gasteiger partial charge in [0.1, 0.15) is 11.5 Å². The van der Waals surface area contributed by atoms with Gasteiger partial charge in [-0.15, -0.1) is 0 Å². The number of rotatable bonds is 14. The summed E-state index contributed by atoms with van der Waals surface area (Å²) in [5, 5.41) is 4.70. The van der Waals surface area contributed by atoms with Crippen molar-refractivity contribution in [1.29, 1.82) is 0 Å². The van der Waals surface area contributed by atoms with Gasteiger partial charge in [0.2, 0.25) is 0 Å². The minimum absolute atomic E-state index is 0.0113. The Balaban J connectivity index is 2.10. The molecule has 0 spiro atoms. The second-order valence-electron chi connectivity index (χ2n) is 12.6. The summed E-state index contributed by atoms with van der Waals surface area (Å²) in [4.78, 5) is 12.5. The molecule has 3 aromatic rings. The fourth-order valence-electron chi connectivity index (χ4n) is 4.97. The minimum atomic E-state index is -2.23. The van der Waals surface area contributed by atoms with Crippen LogP contribution in [0.1, 0.15) is 79.5 Å². The van der Waals surface area contributed by atoms with Crippen LogP contribution in [0.5, 0.6) is 11.5 Å². The summed E-state index contributed by atoms with van der Waals surface area (Å²) < 4.78 is 26.0. The van der Waals surface area contributed by atoms with Crippen molar-refractivity contribution in [3.05, 3.63) is 76.6 Å². The molecule has 1 unspecified atom stereocenters. The van der Waals surface area contributed by atoms with Crippen LogP contribution in [0.15, 0.2) is 48.5 Å². The van der Waals surface area contributed by atoms with Gasteiger partial charge in [0.15, 0.2) is 14.0 Å². The van der Waals surface area contributed by atoms with Gasteiger partial charge in [-0.25, -0.2) is 4.79 Å². The van der Waals surface area contributed by atoms with Crippen molar-refractivity contribution in [2.24, 2.45) is 5.92 Å². The maximum Gasteiger partial charge on any atom is 0.358 e. The van der Waals surface area contributed by atoms with Crippen molar-refractivity contribution >= 4 is 14.3 Å². The number of methoxy groups -OCH3 is 2. The van der Waals surface area contributed by atoms with Gasteiger partial charge in [0.05, 0.1) is 26.9 Å². The molecule has 0 amide bonds. The summed E-state index contributed by atoms with van der Waals surface area (Å²) >= 11 is 0. The van der Waals surface area contributed by atoms with Gasteiger partial charge in [-0.2, -0.15) is 5.10 Å². The van der Waals surface area contributed by atoms with Gasteiger partial charge in [-0.1, -0.05) is 51.1 Å². The Labute approximate surface area is 253 Å². The molecule has 0 bridgehead atoms. The number of aryl methyl sites for hydroxylation is 2. The average Bonchev–Trinajstić information content (AvgIpc) is 3.31. The smallest absolute Gasteiger partial charge is 0.358 e. The number of aromatic nitrogens is 2. The lowest BCUT2D eigenvalue weighted by atomic mass is 9.89. The number of hydrogen-bond donors (Lipinski definition) is 0. The van der Waals surface area contributed by atoms with Crippen LogP contribution in [0.25, 0.3) is 0 Å². The summed E-state index contributed by atoms with van der Waals surface area (Å²) in [6.45, 7) is 18.1. The molecule has 0 aliphatic carbocycles. The van der Waals surface area contributed by atoms with E-state index in [1.165, 1.54) is 5.56 Å².